The molecule has 2 aromatic heterocycles. The van der Waals surface area contributed by atoms with Gasteiger partial charge in [0.15, 0.2) is 0 Å². The molecule has 1 unspecified atom stereocenters. The third-order valence-electron chi connectivity index (χ3n) is 6.60. The molecule has 2 aromatic carbocycles. The van der Waals surface area contributed by atoms with E-state index in [2.05, 4.69) is 4.98 Å². The zero-order valence-corrected chi connectivity index (χ0v) is 15.1. The van der Waals surface area contributed by atoms with Crippen molar-refractivity contribution in [3.8, 4) is 0 Å². The second kappa shape index (κ2) is 4.64. The Bertz CT molecular complexity index is 1370. The molecule has 0 bridgehead atoms. The number of aryl methyl sites for hydroxylation is 1. The molecule has 0 fully saturated rings. The summed E-state index contributed by atoms with van der Waals surface area (Å²) in [7, 11) is 0. The highest BCUT2D eigenvalue weighted by molar-refractivity contribution is 6.14. The van der Waals surface area contributed by atoms with Crippen LogP contribution in [0.2, 0.25) is 0 Å². The maximum atomic E-state index is 14.6. The lowest BCUT2D eigenvalue weighted by Crippen LogP contribution is -2.55. The molecule has 3 heterocycles. The van der Waals surface area contributed by atoms with Gasteiger partial charge in [0, 0.05) is 20.3 Å². The third kappa shape index (κ3) is 1.67. The molecule has 0 radical (unpaired) electrons. The number of hydrogen-bond donors (Lipinski definition) is 0. The number of pyridine rings is 1. The van der Waals surface area contributed by atoms with E-state index in [1.54, 1.807) is 38.1 Å². The molecule has 138 valence electrons. The summed E-state index contributed by atoms with van der Waals surface area (Å²) in [6, 6.07) is 10.2. The molecule has 0 spiro atoms. The normalized spacial score (nSPS) is 23.7. The van der Waals surface area contributed by atoms with Crippen LogP contribution in [0.1, 0.15) is 41.7 Å². The van der Waals surface area contributed by atoms with Crippen LogP contribution in [-0.4, -0.2) is 15.6 Å². The molecule has 1 aliphatic rings. The summed E-state index contributed by atoms with van der Waals surface area (Å²) in [5.74, 6) is 0. The van der Waals surface area contributed by atoms with Gasteiger partial charge in [-0.1, -0.05) is 50.2 Å². The molecule has 0 saturated carbocycles. The van der Waals surface area contributed by atoms with E-state index >= 15 is 0 Å². The molecule has 1 aliphatic heterocycles. The van der Waals surface area contributed by atoms with Crippen molar-refractivity contribution >= 4 is 27.3 Å². The first kappa shape index (κ1) is 13.6. The summed E-state index contributed by atoms with van der Waals surface area (Å²) in [5, 5.41) is 1.77. The predicted octanol–water partition coefficient (Wildman–Crippen LogP) is 6.06. The van der Waals surface area contributed by atoms with Gasteiger partial charge in [-0.05, 0) is 30.3 Å². The monoisotopic (exact) mass is 371 g/mol. The average Bonchev–Trinajstić information content (AvgIpc) is 3.09. The minimum absolute atomic E-state index is 0.0287. The lowest BCUT2D eigenvalue weighted by atomic mass is 9.59. The van der Waals surface area contributed by atoms with Crippen LogP contribution < -0.4 is 0 Å². The van der Waals surface area contributed by atoms with Gasteiger partial charge >= 0.3 is 6.18 Å². The zero-order chi connectivity index (χ0) is 21.9. The number of hydrogen-bond acceptors (Lipinski definition) is 1. The van der Waals surface area contributed by atoms with Crippen molar-refractivity contribution < 1.29 is 17.3 Å². The van der Waals surface area contributed by atoms with Gasteiger partial charge in [-0.3, -0.25) is 4.40 Å². The van der Waals surface area contributed by atoms with E-state index in [0.717, 1.165) is 0 Å². The summed E-state index contributed by atoms with van der Waals surface area (Å²) in [6.07, 6.45) is -3.24. The summed E-state index contributed by atoms with van der Waals surface area (Å²) in [5.41, 5.74) is -2.02. The standard InChI is InChI=1S/C22H19F3N2/c1-12-9-10-15-18-17(12)13-7-5-6-8-14(13)19-26-11-16(27(18)19)21(4,20(15,2)3)22(23,24)25/h5-11H,1-4H3/i1D3. The first-order valence-electron chi connectivity index (χ1n) is 10.2. The van der Waals surface area contributed by atoms with Crippen LogP contribution in [-0.2, 0) is 10.8 Å². The van der Waals surface area contributed by atoms with Gasteiger partial charge in [0.2, 0.25) is 0 Å². The number of alkyl halides is 3. The number of benzene rings is 2. The van der Waals surface area contributed by atoms with Crippen molar-refractivity contribution in [2.75, 3.05) is 0 Å². The van der Waals surface area contributed by atoms with E-state index < -0.39 is 23.9 Å². The fourth-order valence-electron chi connectivity index (χ4n) is 4.71. The Labute approximate surface area is 158 Å². The highest BCUT2D eigenvalue weighted by Crippen LogP contribution is 2.58. The van der Waals surface area contributed by atoms with Crippen LogP contribution in [0.25, 0.3) is 27.3 Å². The van der Waals surface area contributed by atoms with Gasteiger partial charge in [0.1, 0.15) is 11.1 Å². The van der Waals surface area contributed by atoms with Gasteiger partial charge in [0.05, 0.1) is 17.4 Å². The van der Waals surface area contributed by atoms with Crippen LogP contribution in [0.15, 0.2) is 42.6 Å². The van der Waals surface area contributed by atoms with Gasteiger partial charge in [0.25, 0.3) is 0 Å². The maximum absolute atomic E-state index is 14.6. The number of imidazole rings is 1. The summed E-state index contributed by atoms with van der Waals surface area (Å²) >= 11 is 0. The molecule has 2 nitrogen and oxygen atoms in total. The Kier molecular flexibility index (Phi) is 2.33. The molecule has 0 aliphatic carbocycles. The molecule has 0 saturated heterocycles. The summed E-state index contributed by atoms with van der Waals surface area (Å²) in [6.45, 7) is 1.94. The molecule has 1 atom stereocenters. The summed E-state index contributed by atoms with van der Waals surface area (Å²) < 4.78 is 69.3. The number of rotatable bonds is 0. The van der Waals surface area contributed by atoms with Crippen LogP contribution >= 0.6 is 0 Å². The Morgan fingerprint density at radius 2 is 1.74 bits per heavy atom. The largest absolute Gasteiger partial charge is 0.400 e. The number of nitrogens with zero attached hydrogens (tertiary/aromatic N) is 2. The van der Waals surface area contributed by atoms with Gasteiger partial charge < -0.3 is 0 Å². The molecule has 4 aromatic rings. The Morgan fingerprint density at radius 3 is 2.41 bits per heavy atom. The Morgan fingerprint density at radius 1 is 1.04 bits per heavy atom. The molecule has 5 rings (SSSR count). The molecule has 27 heavy (non-hydrogen) atoms. The van der Waals surface area contributed by atoms with Crippen LogP contribution in [0, 0.1) is 6.85 Å². The second-order valence-electron chi connectivity index (χ2n) is 7.98. The molecular weight excluding hydrogens is 349 g/mol. The van der Waals surface area contributed by atoms with E-state index in [9.17, 15) is 13.2 Å². The van der Waals surface area contributed by atoms with Crippen LogP contribution in [0.3, 0.4) is 0 Å². The van der Waals surface area contributed by atoms with Crippen LogP contribution in [0.5, 0.6) is 0 Å². The van der Waals surface area contributed by atoms with Crippen molar-refractivity contribution in [2.24, 2.45) is 0 Å². The SMILES string of the molecule is [2H]C([2H])([2H])c1ccc2c3c1c1ccccc1c1ncc(n13)C(C)(C(F)(F)F)C2(C)C. The van der Waals surface area contributed by atoms with Gasteiger partial charge in [-0.15, -0.1) is 0 Å². The Hall–Kier alpha value is -2.56. The molecule has 5 heteroatoms. The lowest BCUT2D eigenvalue weighted by Gasteiger charge is -2.48. The van der Waals surface area contributed by atoms with Gasteiger partial charge in [-0.2, -0.15) is 13.2 Å². The summed E-state index contributed by atoms with van der Waals surface area (Å²) in [4.78, 5) is 4.39. The number of aromatic nitrogens is 2. The van der Waals surface area contributed by atoms with Crippen molar-refractivity contribution in [3.63, 3.8) is 0 Å². The van der Waals surface area contributed by atoms with Gasteiger partial charge in [-0.25, -0.2) is 4.98 Å². The smallest absolute Gasteiger partial charge is 0.295 e. The van der Waals surface area contributed by atoms with E-state index in [1.165, 1.54) is 23.6 Å². The number of halogens is 3. The van der Waals surface area contributed by atoms with E-state index in [4.69, 9.17) is 4.11 Å². The van der Waals surface area contributed by atoms with E-state index in [0.29, 0.717) is 32.9 Å². The quantitative estimate of drug-likeness (QED) is 0.343. The Balaban J connectivity index is 2.17. The topological polar surface area (TPSA) is 17.3 Å². The predicted molar refractivity (Wildman–Crippen MR) is 101 cm³/mol. The molecular formula is C22H19F3N2. The lowest BCUT2D eigenvalue weighted by molar-refractivity contribution is -0.205. The fourth-order valence-corrected chi connectivity index (χ4v) is 4.71. The first-order chi connectivity index (χ1) is 13.8. The highest BCUT2D eigenvalue weighted by Gasteiger charge is 2.64. The maximum Gasteiger partial charge on any atom is 0.400 e. The minimum atomic E-state index is -4.54. The van der Waals surface area contributed by atoms with Crippen LogP contribution in [0.4, 0.5) is 13.2 Å². The average molecular weight is 371 g/mol. The highest BCUT2D eigenvalue weighted by atomic mass is 19.4. The minimum Gasteiger partial charge on any atom is -0.295 e. The fraction of sp³-hybridized carbons (Fsp3) is 0.318. The number of fused-ring (bicyclic) bond motifs is 3. The first-order valence-corrected chi connectivity index (χ1v) is 8.75. The van der Waals surface area contributed by atoms with Crippen molar-refractivity contribution in [2.45, 2.75) is 44.6 Å². The van der Waals surface area contributed by atoms with E-state index in [-0.39, 0.29) is 11.3 Å². The zero-order valence-electron chi connectivity index (χ0n) is 18.1. The molecule has 0 N–H and O–H groups in total. The van der Waals surface area contributed by atoms with E-state index in [1.807, 2.05) is 6.07 Å². The second-order valence-corrected chi connectivity index (χ2v) is 7.98. The van der Waals surface area contributed by atoms with Crippen molar-refractivity contribution in [1.29, 1.82) is 0 Å². The van der Waals surface area contributed by atoms with Crippen molar-refractivity contribution in [1.82, 2.24) is 9.38 Å². The third-order valence-corrected chi connectivity index (χ3v) is 6.60. The molecule has 0 amide bonds. The van der Waals surface area contributed by atoms with Crippen molar-refractivity contribution in [3.05, 3.63) is 59.4 Å².